The minimum Gasteiger partial charge on any atom is -0.278 e. The Bertz CT molecular complexity index is 748. The first kappa shape index (κ1) is 15.5. The summed E-state index contributed by atoms with van der Waals surface area (Å²) in [7, 11) is 0. The van der Waals surface area contributed by atoms with E-state index in [9.17, 15) is 17.6 Å². The molecule has 2 aromatic rings. The number of alkyl halides is 3. The van der Waals surface area contributed by atoms with Gasteiger partial charge in [-0.2, -0.15) is 18.3 Å². The summed E-state index contributed by atoms with van der Waals surface area (Å²) in [4.78, 5) is 0. The lowest BCUT2D eigenvalue weighted by atomic mass is 10.1. The molecule has 23 heavy (non-hydrogen) atoms. The number of nitrogens with zero attached hydrogens (tertiary/aromatic N) is 1. The molecule has 0 aromatic heterocycles. The van der Waals surface area contributed by atoms with Crippen molar-refractivity contribution in [2.24, 2.45) is 11.0 Å². The molecule has 0 saturated heterocycles. The van der Waals surface area contributed by atoms with Crippen molar-refractivity contribution in [2.45, 2.75) is 19.5 Å². The molecular formula is C17H14F4N2. The maximum atomic E-state index is 13.3. The summed E-state index contributed by atoms with van der Waals surface area (Å²) in [5.74, 6) is -0.165. The Morgan fingerprint density at radius 1 is 1.09 bits per heavy atom. The zero-order valence-electron chi connectivity index (χ0n) is 12.3. The predicted octanol–water partition coefficient (Wildman–Crippen LogP) is 4.85. The third kappa shape index (κ3) is 3.21. The number of benzene rings is 2. The van der Waals surface area contributed by atoms with E-state index in [0.29, 0.717) is 12.1 Å². The molecule has 0 spiro atoms. The van der Waals surface area contributed by atoms with Crippen molar-refractivity contribution >= 4 is 11.4 Å². The van der Waals surface area contributed by atoms with Crippen molar-refractivity contribution in [3.05, 3.63) is 65.0 Å². The van der Waals surface area contributed by atoms with Crippen LogP contribution in [-0.4, -0.2) is 5.71 Å². The Hall–Kier alpha value is -2.37. The van der Waals surface area contributed by atoms with Gasteiger partial charge in [0.25, 0.3) is 0 Å². The Balaban J connectivity index is 1.81. The first-order chi connectivity index (χ1) is 10.8. The monoisotopic (exact) mass is 322 g/mol. The van der Waals surface area contributed by atoms with E-state index >= 15 is 0 Å². The Morgan fingerprint density at radius 3 is 2.43 bits per heavy atom. The molecule has 0 amide bonds. The predicted molar refractivity (Wildman–Crippen MR) is 80.9 cm³/mol. The van der Waals surface area contributed by atoms with Gasteiger partial charge in [-0.05, 0) is 54.4 Å². The van der Waals surface area contributed by atoms with Gasteiger partial charge >= 0.3 is 6.18 Å². The first-order valence-electron chi connectivity index (χ1n) is 7.14. The second-order valence-corrected chi connectivity index (χ2v) is 5.59. The fraction of sp³-hybridized carbons (Fsp3) is 0.235. The van der Waals surface area contributed by atoms with Crippen LogP contribution in [0.4, 0.5) is 23.2 Å². The van der Waals surface area contributed by atoms with Crippen LogP contribution < -0.4 is 5.43 Å². The molecular weight excluding hydrogens is 308 g/mol. The smallest absolute Gasteiger partial charge is 0.278 e. The maximum absolute atomic E-state index is 13.3. The molecule has 0 heterocycles. The highest BCUT2D eigenvalue weighted by Gasteiger charge is 2.30. The van der Waals surface area contributed by atoms with Gasteiger partial charge in [-0.3, -0.25) is 5.43 Å². The van der Waals surface area contributed by atoms with Crippen molar-refractivity contribution < 1.29 is 17.6 Å². The average molecular weight is 322 g/mol. The van der Waals surface area contributed by atoms with Gasteiger partial charge in [0.05, 0.1) is 17.0 Å². The number of fused-ring (bicyclic) bond motifs is 1. The molecule has 0 fully saturated rings. The number of rotatable bonds is 2. The molecule has 0 saturated carbocycles. The van der Waals surface area contributed by atoms with E-state index in [4.69, 9.17) is 0 Å². The van der Waals surface area contributed by atoms with Gasteiger partial charge in [0, 0.05) is 11.5 Å². The van der Waals surface area contributed by atoms with E-state index in [-0.39, 0.29) is 11.7 Å². The van der Waals surface area contributed by atoms with Crippen LogP contribution in [0.1, 0.15) is 23.6 Å². The highest BCUT2D eigenvalue weighted by atomic mass is 19.4. The number of hydrogen-bond acceptors (Lipinski definition) is 2. The molecule has 120 valence electrons. The molecule has 1 aliphatic carbocycles. The molecule has 6 heteroatoms. The Kier molecular flexibility index (Phi) is 3.83. The van der Waals surface area contributed by atoms with Gasteiger partial charge in [0.2, 0.25) is 0 Å². The summed E-state index contributed by atoms with van der Waals surface area (Å²) < 4.78 is 50.8. The van der Waals surface area contributed by atoms with E-state index in [0.717, 1.165) is 29.0 Å². The van der Waals surface area contributed by atoms with Crippen LogP contribution >= 0.6 is 0 Å². The average Bonchev–Trinajstić information content (AvgIpc) is 2.79. The molecule has 3 rings (SSSR count). The van der Waals surface area contributed by atoms with Crippen LogP contribution in [0.15, 0.2) is 47.6 Å². The summed E-state index contributed by atoms with van der Waals surface area (Å²) in [6.07, 6.45) is -3.66. The van der Waals surface area contributed by atoms with E-state index < -0.39 is 11.7 Å². The van der Waals surface area contributed by atoms with Gasteiger partial charge in [0.1, 0.15) is 5.82 Å². The highest BCUT2D eigenvalue weighted by molar-refractivity contribution is 6.06. The van der Waals surface area contributed by atoms with E-state index in [1.54, 1.807) is 6.07 Å². The summed E-state index contributed by atoms with van der Waals surface area (Å²) >= 11 is 0. The van der Waals surface area contributed by atoms with Crippen LogP contribution in [-0.2, 0) is 12.6 Å². The van der Waals surface area contributed by atoms with E-state index in [2.05, 4.69) is 10.5 Å². The fourth-order valence-electron chi connectivity index (χ4n) is 2.70. The van der Waals surface area contributed by atoms with Crippen molar-refractivity contribution in [3.8, 4) is 0 Å². The summed E-state index contributed by atoms with van der Waals surface area (Å²) in [5.41, 5.74) is 5.09. The summed E-state index contributed by atoms with van der Waals surface area (Å²) in [5, 5.41) is 4.30. The molecule has 0 radical (unpaired) electrons. The Labute approximate surface area is 130 Å². The normalized spacial score (nSPS) is 19.0. The summed E-state index contributed by atoms with van der Waals surface area (Å²) in [6, 6.07) is 9.22. The van der Waals surface area contributed by atoms with Gasteiger partial charge < -0.3 is 0 Å². The summed E-state index contributed by atoms with van der Waals surface area (Å²) in [6.45, 7) is 1.98. The lowest BCUT2D eigenvalue weighted by Gasteiger charge is -2.09. The second kappa shape index (κ2) is 5.68. The first-order valence-corrected chi connectivity index (χ1v) is 7.14. The van der Waals surface area contributed by atoms with Crippen LogP contribution in [0.5, 0.6) is 0 Å². The maximum Gasteiger partial charge on any atom is 0.416 e. The largest absolute Gasteiger partial charge is 0.416 e. The number of hydrazone groups is 1. The van der Waals surface area contributed by atoms with E-state index in [1.807, 2.05) is 6.92 Å². The van der Waals surface area contributed by atoms with Crippen LogP contribution in [0.25, 0.3) is 0 Å². The molecule has 0 bridgehead atoms. The quantitative estimate of drug-likeness (QED) is 0.620. The standard InChI is InChI=1S/C17H14F4N2/c1-10-8-11-9-13(18)4-7-15(11)16(10)23-22-14-5-2-12(3-6-14)17(19,20)21/h2-7,9-10,22H,8H2,1H3. The van der Waals surface area contributed by atoms with Crippen LogP contribution in [0, 0.1) is 11.7 Å². The van der Waals surface area contributed by atoms with Gasteiger partial charge in [-0.15, -0.1) is 0 Å². The zero-order valence-corrected chi connectivity index (χ0v) is 12.3. The third-order valence-corrected chi connectivity index (χ3v) is 3.85. The van der Waals surface area contributed by atoms with Crippen molar-refractivity contribution in [3.63, 3.8) is 0 Å². The number of nitrogens with one attached hydrogen (secondary N) is 1. The van der Waals surface area contributed by atoms with Crippen molar-refractivity contribution in [1.82, 2.24) is 0 Å². The van der Waals surface area contributed by atoms with Crippen molar-refractivity contribution in [1.29, 1.82) is 0 Å². The van der Waals surface area contributed by atoms with Gasteiger partial charge in [0.15, 0.2) is 0 Å². The molecule has 1 atom stereocenters. The third-order valence-electron chi connectivity index (χ3n) is 3.85. The molecule has 1 aliphatic rings. The van der Waals surface area contributed by atoms with E-state index in [1.165, 1.54) is 24.3 Å². The zero-order chi connectivity index (χ0) is 16.6. The van der Waals surface area contributed by atoms with Gasteiger partial charge in [-0.25, -0.2) is 4.39 Å². The second-order valence-electron chi connectivity index (χ2n) is 5.59. The van der Waals surface area contributed by atoms with Gasteiger partial charge in [-0.1, -0.05) is 6.92 Å². The highest BCUT2D eigenvalue weighted by Crippen LogP contribution is 2.30. The lowest BCUT2D eigenvalue weighted by Crippen LogP contribution is -2.09. The number of hydrogen-bond donors (Lipinski definition) is 1. The fourth-order valence-corrected chi connectivity index (χ4v) is 2.70. The number of anilines is 1. The topological polar surface area (TPSA) is 24.4 Å². The molecule has 1 N–H and O–H groups in total. The molecule has 2 nitrogen and oxygen atoms in total. The molecule has 2 aromatic carbocycles. The van der Waals surface area contributed by atoms with Crippen LogP contribution in [0.2, 0.25) is 0 Å². The minimum absolute atomic E-state index is 0.119. The van der Waals surface area contributed by atoms with Crippen molar-refractivity contribution in [2.75, 3.05) is 5.43 Å². The molecule has 1 unspecified atom stereocenters. The lowest BCUT2D eigenvalue weighted by molar-refractivity contribution is -0.137. The minimum atomic E-state index is -4.35. The SMILES string of the molecule is CC1Cc2cc(F)ccc2C1=NNc1ccc(C(F)(F)F)cc1. The van der Waals surface area contributed by atoms with Crippen LogP contribution in [0.3, 0.4) is 0 Å². The molecule has 0 aliphatic heterocycles. The number of halogens is 4. The Morgan fingerprint density at radius 2 is 1.78 bits per heavy atom.